The van der Waals surface area contributed by atoms with Gasteiger partial charge in [-0.15, -0.1) is 0 Å². The minimum Gasteiger partial charge on any atom is -0.505 e. The highest BCUT2D eigenvalue weighted by Gasteiger charge is 2.29. The molecule has 2 aliphatic heterocycles. The smallest absolute Gasteiger partial charge is 0.227 e. The number of rotatable bonds is 1. The van der Waals surface area contributed by atoms with Gasteiger partial charge in [0.1, 0.15) is 0 Å². The molecule has 1 amide bonds. The van der Waals surface area contributed by atoms with Gasteiger partial charge in [-0.3, -0.25) is 4.79 Å². The molecule has 0 aliphatic carbocycles. The van der Waals surface area contributed by atoms with Gasteiger partial charge in [0.15, 0.2) is 11.6 Å². The van der Waals surface area contributed by atoms with E-state index < -0.39 is 5.82 Å². The molecule has 0 saturated heterocycles. The number of aromatic hydroxyl groups is 1. The monoisotopic (exact) mass is 297 g/mol. The number of halogens is 1. The summed E-state index contributed by atoms with van der Waals surface area (Å²) in [6.07, 6.45) is 3.05. The van der Waals surface area contributed by atoms with E-state index in [0.717, 1.165) is 41.8 Å². The highest BCUT2D eigenvalue weighted by atomic mass is 19.1. The minimum absolute atomic E-state index is 0.185. The highest BCUT2D eigenvalue weighted by Crippen LogP contribution is 2.40. The van der Waals surface area contributed by atoms with E-state index >= 15 is 0 Å². The topological polar surface area (TPSA) is 40.5 Å². The molecule has 0 saturated carbocycles. The maximum Gasteiger partial charge on any atom is 0.227 e. The van der Waals surface area contributed by atoms with Crippen LogP contribution in [0.1, 0.15) is 24.0 Å². The lowest BCUT2D eigenvalue weighted by Crippen LogP contribution is -2.39. The summed E-state index contributed by atoms with van der Waals surface area (Å²) >= 11 is 0. The van der Waals surface area contributed by atoms with E-state index in [1.54, 1.807) is 12.1 Å². The number of carbonyl (C=O) groups excluding carboxylic acids is 1. The van der Waals surface area contributed by atoms with Crippen LogP contribution in [0.3, 0.4) is 0 Å². The molecule has 0 atom stereocenters. The van der Waals surface area contributed by atoms with Crippen molar-refractivity contribution < 1.29 is 14.3 Å². The molecule has 0 bridgehead atoms. The predicted octanol–water partition coefficient (Wildman–Crippen LogP) is 3.42. The second-order valence-corrected chi connectivity index (χ2v) is 5.93. The van der Waals surface area contributed by atoms with Crippen LogP contribution in [0.4, 0.5) is 10.1 Å². The lowest BCUT2D eigenvalue weighted by Gasteiger charge is -2.35. The maximum atomic E-state index is 14.2. The summed E-state index contributed by atoms with van der Waals surface area (Å²) < 4.78 is 14.2. The van der Waals surface area contributed by atoms with E-state index in [1.807, 2.05) is 17.0 Å². The van der Waals surface area contributed by atoms with Crippen LogP contribution >= 0.6 is 0 Å². The van der Waals surface area contributed by atoms with Gasteiger partial charge < -0.3 is 10.0 Å². The Balaban J connectivity index is 1.91. The van der Waals surface area contributed by atoms with Gasteiger partial charge in [0.25, 0.3) is 0 Å². The predicted molar refractivity (Wildman–Crippen MR) is 82.5 cm³/mol. The van der Waals surface area contributed by atoms with Crippen LogP contribution < -0.4 is 4.90 Å². The third kappa shape index (κ3) is 1.90. The molecule has 22 heavy (non-hydrogen) atoms. The number of aryl methyl sites for hydroxylation is 2. The summed E-state index contributed by atoms with van der Waals surface area (Å²) in [5.41, 5.74) is 4.43. The molecule has 1 N–H and O–H groups in total. The molecule has 4 rings (SSSR count). The molecule has 112 valence electrons. The molecule has 0 aromatic heterocycles. The number of nitrogens with zero attached hydrogens (tertiary/aromatic N) is 1. The number of phenolic OH excluding ortho intramolecular Hbond substituents is 1. The van der Waals surface area contributed by atoms with Crippen LogP contribution in [0.25, 0.3) is 11.1 Å². The number of hydrogen-bond acceptors (Lipinski definition) is 2. The van der Waals surface area contributed by atoms with Gasteiger partial charge in [0.2, 0.25) is 5.91 Å². The first kappa shape index (κ1) is 13.3. The van der Waals surface area contributed by atoms with Crippen molar-refractivity contribution in [3.63, 3.8) is 0 Å². The Kier molecular flexibility index (Phi) is 2.93. The molecule has 0 unspecified atom stereocenters. The lowest BCUT2D eigenvalue weighted by atomic mass is 9.88. The van der Waals surface area contributed by atoms with Gasteiger partial charge in [-0.1, -0.05) is 12.1 Å². The van der Waals surface area contributed by atoms with Crippen molar-refractivity contribution >= 4 is 11.6 Å². The SMILES string of the molecule is O=C1CCc2cc(-c3cccc(O)c3F)cc3c2N1CCC3. The first-order valence-electron chi connectivity index (χ1n) is 7.59. The quantitative estimate of drug-likeness (QED) is 0.876. The maximum absolute atomic E-state index is 14.2. The van der Waals surface area contributed by atoms with E-state index in [9.17, 15) is 14.3 Å². The Morgan fingerprint density at radius 2 is 1.86 bits per heavy atom. The largest absolute Gasteiger partial charge is 0.505 e. The Labute approximate surface area is 128 Å². The summed E-state index contributed by atoms with van der Waals surface area (Å²) in [5.74, 6) is -0.736. The Morgan fingerprint density at radius 1 is 1.09 bits per heavy atom. The zero-order chi connectivity index (χ0) is 15.3. The average molecular weight is 297 g/mol. The molecular formula is C18H16FNO2. The fourth-order valence-corrected chi connectivity index (χ4v) is 3.55. The lowest BCUT2D eigenvalue weighted by molar-refractivity contribution is -0.119. The molecule has 2 aromatic carbocycles. The third-order valence-corrected chi connectivity index (χ3v) is 4.56. The zero-order valence-corrected chi connectivity index (χ0v) is 12.1. The second kappa shape index (κ2) is 4.83. The van der Waals surface area contributed by atoms with Gasteiger partial charge >= 0.3 is 0 Å². The Hall–Kier alpha value is -2.36. The van der Waals surface area contributed by atoms with Crippen LogP contribution in [0.5, 0.6) is 5.75 Å². The summed E-state index contributed by atoms with van der Waals surface area (Å²) in [6.45, 7) is 0.776. The Morgan fingerprint density at radius 3 is 2.68 bits per heavy atom. The number of phenols is 1. The molecule has 0 radical (unpaired) electrons. The van der Waals surface area contributed by atoms with E-state index in [4.69, 9.17) is 0 Å². The van der Waals surface area contributed by atoms with Gasteiger partial charge in [-0.05, 0) is 54.2 Å². The number of anilines is 1. The molecule has 0 fully saturated rings. The van der Waals surface area contributed by atoms with E-state index in [0.29, 0.717) is 18.4 Å². The third-order valence-electron chi connectivity index (χ3n) is 4.56. The van der Waals surface area contributed by atoms with Crippen molar-refractivity contribution in [1.82, 2.24) is 0 Å². The number of carbonyl (C=O) groups is 1. The van der Waals surface area contributed by atoms with Crippen molar-refractivity contribution in [2.24, 2.45) is 0 Å². The van der Waals surface area contributed by atoms with Gasteiger partial charge in [-0.2, -0.15) is 0 Å². The van der Waals surface area contributed by atoms with Crippen molar-refractivity contribution in [2.75, 3.05) is 11.4 Å². The standard InChI is InChI=1S/C18H16FNO2/c19-17-14(4-1-5-15(17)21)13-9-11-3-2-8-20-16(22)7-6-12(10-13)18(11)20/h1,4-5,9-10,21H,2-3,6-8H2. The fraction of sp³-hybridized carbons (Fsp3) is 0.278. The number of amides is 1. The second-order valence-electron chi connectivity index (χ2n) is 5.93. The van der Waals surface area contributed by atoms with E-state index in [1.165, 1.54) is 6.07 Å². The first-order chi connectivity index (χ1) is 10.6. The normalized spacial score (nSPS) is 16.6. The fourth-order valence-electron chi connectivity index (χ4n) is 3.55. The first-order valence-corrected chi connectivity index (χ1v) is 7.59. The van der Waals surface area contributed by atoms with Crippen molar-refractivity contribution in [3.8, 4) is 16.9 Å². The van der Waals surface area contributed by atoms with Crippen LogP contribution in [0.15, 0.2) is 30.3 Å². The van der Waals surface area contributed by atoms with Crippen LogP contribution in [0.2, 0.25) is 0 Å². The zero-order valence-electron chi connectivity index (χ0n) is 12.1. The Bertz CT molecular complexity index is 768. The van der Waals surface area contributed by atoms with Crippen molar-refractivity contribution in [3.05, 3.63) is 47.3 Å². The van der Waals surface area contributed by atoms with Crippen LogP contribution in [-0.2, 0) is 17.6 Å². The van der Waals surface area contributed by atoms with Gasteiger partial charge in [-0.25, -0.2) is 4.39 Å². The van der Waals surface area contributed by atoms with Gasteiger partial charge in [0, 0.05) is 18.5 Å². The summed E-state index contributed by atoms with van der Waals surface area (Å²) in [5, 5.41) is 9.59. The molecule has 2 aliphatic rings. The summed E-state index contributed by atoms with van der Waals surface area (Å²) in [6, 6.07) is 8.59. The summed E-state index contributed by atoms with van der Waals surface area (Å²) in [4.78, 5) is 13.9. The molecule has 2 heterocycles. The highest BCUT2D eigenvalue weighted by molar-refractivity contribution is 5.98. The minimum atomic E-state index is -0.589. The van der Waals surface area contributed by atoms with Crippen molar-refractivity contribution in [1.29, 1.82) is 0 Å². The molecular weight excluding hydrogens is 281 g/mol. The van der Waals surface area contributed by atoms with E-state index in [2.05, 4.69) is 0 Å². The van der Waals surface area contributed by atoms with E-state index in [-0.39, 0.29) is 11.7 Å². The average Bonchev–Trinajstić information content (AvgIpc) is 2.53. The molecule has 4 heteroatoms. The van der Waals surface area contributed by atoms with Crippen LogP contribution in [0, 0.1) is 5.82 Å². The number of hydrogen-bond donors (Lipinski definition) is 1. The molecule has 0 spiro atoms. The van der Waals surface area contributed by atoms with Crippen LogP contribution in [-0.4, -0.2) is 17.6 Å². The van der Waals surface area contributed by atoms with Crippen molar-refractivity contribution in [2.45, 2.75) is 25.7 Å². The van der Waals surface area contributed by atoms with Gasteiger partial charge in [0.05, 0.1) is 5.69 Å². The molecule has 2 aromatic rings. The number of benzene rings is 2. The molecule has 3 nitrogen and oxygen atoms in total. The summed E-state index contributed by atoms with van der Waals surface area (Å²) in [7, 11) is 0.